The Morgan fingerprint density at radius 2 is 1.79 bits per heavy atom. The van der Waals surface area contributed by atoms with E-state index in [1.165, 1.54) is 25.9 Å². The van der Waals surface area contributed by atoms with Crippen molar-refractivity contribution in [3.05, 3.63) is 0 Å². The third-order valence-corrected chi connectivity index (χ3v) is 3.27. The molecule has 5 heteroatoms. The van der Waals surface area contributed by atoms with Crippen LogP contribution in [0.15, 0.2) is 0 Å². The maximum absolute atomic E-state index is 9.60. The van der Waals surface area contributed by atoms with Crippen molar-refractivity contribution >= 4 is 6.47 Å². The number of carbonyl (C=O) groups excluding carboxylic acids is 1. The Kier molecular flexibility index (Phi) is 7.34. The quantitative estimate of drug-likeness (QED) is 0.761. The summed E-state index contributed by atoms with van der Waals surface area (Å²) < 4.78 is 9.88. The maximum atomic E-state index is 9.60. The molecule has 112 valence electrons. The zero-order chi connectivity index (χ0) is 14.1. The number of hydrogen-bond acceptors (Lipinski definition) is 5. The highest BCUT2D eigenvalue weighted by atomic mass is 16.5. The molecule has 1 N–H and O–H groups in total. The smallest absolute Gasteiger partial charge is 0.293 e. The van der Waals surface area contributed by atoms with Gasteiger partial charge in [0.15, 0.2) is 0 Å². The Bertz CT molecular complexity index is 226. The molecule has 0 aliphatic carbocycles. The summed E-state index contributed by atoms with van der Waals surface area (Å²) in [5.74, 6) is 0. The normalized spacial score (nSPS) is 22.3. The van der Waals surface area contributed by atoms with Gasteiger partial charge in [-0.2, -0.15) is 0 Å². The van der Waals surface area contributed by atoms with Crippen molar-refractivity contribution in [3.63, 3.8) is 0 Å². The molecule has 0 saturated carbocycles. The van der Waals surface area contributed by atoms with Gasteiger partial charge in [-0.05, 0) is 46.7 Å². The van der Waals surface area contributed by atoms with Gasteiger partial charge in [-0.15, -0.1) is 0 Å². The van der Waals surface area contributed by atoms with E-state index in [9.17, 15) is 4.79 Å². The van der Waals surface area contributed by atoms with Gasteiger partial charge < -0.3 is 14.8 Å². The van der Waals surface area contributed by atoms with Crippen molar-refractivity contribution in [3.8, 4) is 0 Å². The van der Waals surface area contributed by atoms with Crippen LogP contribution in [0.3, 0.4) is 0 Å². The van der Waals surface area contributed by atoms with Gasteiger partial charge in [0.05, 0.1) is 13.2 Å². The van der Waals surface area contributed by atoms with E-state index in [1.54, 1.807) is 0 Å². The summed E-state index contributed by atoms with van der Waals surface area (Å²) in [4.78, 5) is 12.2. The second-order valence-electron chi connectivity index (χ2n) is 5.96. The molecule has 2 fully saturated rings. The summed E-state index contributed by atoms with van der Waals surface area (Å²) in [6, 6.07) is 0.829. The molecular formula is C14H28N2O3. The van der Waals surface area contributed by atoms with Crippen LogP contribution in [-0.4, -0.2) is 62.4 Å². The van der Waals surface area contributed by atoms with Crippen LogP contribution in [0, 0.1) is 0 Å². The van der Waals surface area contributed by atoms with Crippen LogP contribution in [0.4, 0.5) is 0 Å². The molecule has 0 amide bonds. The second kappa shape index (κ2) is 8.51. The highest BCUT2D eigenvalue weighted by molar-refractivity contribution is 5.37. The topological polar surface area (TPSA) is 50.8 Å². The summed E-state index contributed by atoms with van der Waals surface area (Å²) in [6.07, 6.45) is 2.64. The maximum Gasteiger partial charge on any atom is 0.293 e. The lowest BCUT2D eigenvalue weighted by Crippen LogP contribution is -2.47. The van der Waals surface area contributed by atoms with Crippen LogP contribution in [0.2, 0.25) is 0 Å². The van der Waals surface area contributed by atoms with Crippen LogP contribution in [0.25, 0.3) is 0 Å². The first kappa shape index (κ1) is 16.4. The summed E-state index contributed by atoms with van der Waals surface area (Å²) >= 11 is 0. The fraction of sp³-hybridized carbons (Fsp3) is 0.929. The SMILES string of the molecule is C1CC(N2CCOCC2)CCN1.CC(C)(C)OC=O. The molecular weight excluding hydrogens is 244 g/mol. The van der Waals surface area contributed by atoms with E-state index >= 15 is 0 Å². The van der Waals surface area contributed by atoms with E-state index in [0.717, 1.165) is 32.3 Å². The van der Waals surface area contributed by atoms with E-state index in [0.29, 0.717) is 6.47 Å². The van der Waals surface area contributed by atoms with Crippen molar-refractivity contribution in [1.29, 1.82) is 0 Å². The van der Waals surface area contributed by atoms with Crippen molar-refractivity contribution < 1.29 is 14.3 Å². The molecule has 5 nitrogen and oxygen atoms in total. The Hall–Kier alpha value is -0.650. The average molecular weight is 272 g/mol. The molecule has 0 aromatic carbocycles. The lowest BCUT2D eigenvalue weighted by molar-refractivity contribution is -0.138. The number of piperidine rings is 1. The van der Waals surface area contributed by atoms with Crippen LogP contribution >= 0.6 is 0 Å². The molecule has 19 heavy (non-hydrogen) atoms. The van der Waals surface area contributed by atoms with Gasteiger partial charge in [0.25, 0.3) is 6.47 Å². The van der Waals surface area contributed by atoms with Gasteiger partial charge in [0, 0.05) is 19.1 Å². The number of nitrogens with zero attached hydrogens (tertiary/aromatic N) is 1. The second-order valence-corrected chi connectivity index (χ2v) is 5.96. The zero-order valence-corrected chi connectivity index (χ0v) is 12.5. The van der Waals surface area contributed by atoms with Crippen molar-refractivity contribution in [2.24, 2.45) is 0 Å². The minimum Gasteiger partial charge on any atom is -0.462 e. The Morgan fingerprint density at radius 1 is 1.21 bits per heavy atom. The van der Waals surface area contributed by atoms with Crippen molar-refractivity contribution in [2.75, 3.05) is 39.4 Å². The molecule has 2 aliphatic rings. The molecule has 0 aromatic rings. The molecule has 0 atom stereocenters. The average Bonchev–Trinajstić information content (AvgIpc) is 2.40. The van der Waals surface area contributed by atoms with E-state index in [2.05, 4.69) is 15.0 Å². The summed E-state index contributed by atoms with van der Waals surface area (Å²) in [5, 5.41) is 3.40. The first-order chi connectivity index (χ1) is 9.03. The standard InChI is InChI=1S/C9H18N2O.C5H10O2/c1-3-10-4-2-9(1)11-5-7-12-8-6-11;1-5(2,3)7-4-6/h9-10H,1-8H2;4H,1-3H3. The fourth-order valence-electron chi connectivity index (χ4n) is 2.26. The van der Waals surface area contributed by atoms with Crippen LogP contribution in [-0.2, 0) is 14.3 Å². The predicted molar refractivity (Wildman–Crippen MR) is 75.2 cm³/mol. The van der Waals surface area contributed by atoms with Gasteiger partial charge in [-0.3, -0.25) is 9.69 Å². The number of ether oxygens (including phenoxy) is 2. The molecule has 2 rings (SSSR count). The van der Waals surface area contributed by atoms with Crippen LogP contribution in [0.1, 0.15) is 33.6 Å². The summed E-state index contributed by atoms with van der Waals surface area (Å²) in [5.41, 5.74) is -0.318. The lowest BCUT2D eigenvalue weighted by Gasteiger charge is -2.36. The van der Waals surface area contributed by atoms with E-state index in [4.69, 9.17) is 4.74 Å². The van der Waals surface area contributed by atoms with Gasteiger partial charge in [-0.1, -0.05) is 0 Å². The first-order valence-electron chi connectivity index (χ1n) is 7.17. The van der Waals surface area contributed by atoms with Gasteiger partial charge in [-0.25, -0.2) is 0 Å². The number of hydrogen-bond donors (Lipinski definition) is 1. The third kappa shape index (κ3) is 7.50. The zero-order valence-electron chi connectivity index (χ0n) is 12.5. The molecule has 2 heterocycles. The highest BCUT2D eigenvalue weighted by Gasteiger charge is 2.21. The predicted octanol–water partition coefficient (Wildman–Crippen LogP) is 1.03. The number of nitrogens with one attached hydrogen (secondary N) is 1. The number of carbonyl (C=O) groups is 1. The summed E-state index contributed by atoms with van der Waals surface area (Å²) in [6.45, 7) is 12.5. The first-order valence-corrected chi connectivity index (χ1v) is 7.17. The third-order valence-electron chi connectivity index (χ3n) is 3.27. The molecule has 0 spiro atoms. The van der Waals surface area contributed by atoms with E-state index < -0.39 is 0 Å². The minimum absolute atomic E-state index is 0.318. The number of morpholine rings is 1. The molecule has 0 unspecified atom stereocenters. The molecule has 0 bridgehead atoms. The summed E-state index contributed by atoms with van der Waals surface area (Å²) in [7, 11) is 0. The van der Waals surface area contributed by atoms with E-state index in [-0.39, 0.29) is 5.60 Å². The van der Waals surface area contributed by atoms with Gasteiger partial charge in [0.1, 0.15) is 5.60 Å². The highest BCUT2D eigenvalue weighted by Crippen LogP contribution is 2.12. The minimum atomic E-state index is -0.318. The van der Waals surface area contributed by atoms with Crippen molar-refractivity contribution in [1.82, 2.24) is 10.2 Å². The van der Waals surface area contributed by atoms with E-state index in [1.807, 2.05) is 20.8 Å². The van der Waals surface area contributed by atoms with Crippen LogP contribution < -0.4 is 5.32 Å². The van der Waals surface area contributed by atoms with Crippen molar-refractivity contribution in [2.45, 2.75) is 45.3 Å². The molecule has 0 aromatic heterocycles. The Balaban J connectivity index is 0.000000224. The Morgan fingerprint density at radius 3 is 2.21 bits per heavy atom. The molecule has 0 radical (unpaired) electrons. The van der Waals surface area contributed by atoms with Gasteiger partial charge >= 0.3 is 0 Å². The largest absolute Gasteiger partial charge is 0.462 e. The van der Waals surface area contributed by atoms with Gasteiger partial charge in [0.2, 0.25) is 0 Å². The molecule has 2 saturated heterocycles. The monoisotopic (exact) mass is 272 g/mol. The molecule has 2 aliphatic heterocycles. The lowest BCUT2D eigenvalue weighted by atomic mass is 10.0. The Labute approximate surface area is 116 Å². The van der Waals surface area contributed by atoms with Crippen LogP contribution in [0.5, 0.6) is 0 Å². The fourth-order valence-corrected chi connectivity index (χ4v) is 2.26. The number of rotatable bonds is 2.